The first kappa shape index (κ1) is 18.2. The van der Waals surface area contributed by atoms with Crippen molar-refractivity contribution in [2.75, 3.05) is 18.2 Å². The van der Waals surface area contributed by atoms with E-state index in [0.29, 0.717) is 22.7 Å². The third-order valence-corrected chi connectivity index (χ3v) is 6.24. The van der Waals surface area contributed by atoms with E-state index in [1.165, 1.54) is 4.57 Å². The molecule has 0 radical (unpaired) electrons. The molecule has 0 saturated heterocycles. The molecule has 4 rings (SSSR count). The highest BCUT2D eigenvalue weighted by Crippen LogP contribution is 2.31. The number of carbonyl (C=O) groups is 1. The zero-order chi connectivity index (χ0) is 19.9. The lowest BCUT2D eigenvalue weighted by molar-refractivity contribution is 0.101. The number of ether oxygens (including phenoxy) is 1. The Balaban J connectivity index is 1.81. The van der Waals surface area contributed by atoms with Crippen molar-refractivity contribution in [3.63, 3.8) is 0 Å². The molecule has 0 spiro atoms. The smallest absolute Gasteiger partial charge is 0.274 e. The number of aromatic nitrogens is 2. The topological polar surface area (TPSA) is 90.3 Å². The van der Waals surface area contributed by atoms with Crippen molar-refractivity contribution in [3.05, 3.63) is 59.8 Å². The molecule has 0 atom stereocenters. The number of fused-ring (bicyclic) bond motifs is 1. The van der Waals surface area contributed by atoms with E-state index >= 15 is 0 Å². The van der Waals surface area contributed by atoms with Gasteiger partial charge in [-0.05, 0) is 48.9 Å². The van der Waals surface area contributed by atoms with Gasteiger partial charge in [0.05, 0.1) is 12.9 Å². The average molecular weight is 397 g/mol. The Labute approximate surface area is 162 Å². The molecular weight excluding hydrogens is 378 g/mol. The fraction of sp³-hybridized carbons (Fsp3) is 0.200. The summed E-state index contributed by atoms with van der Waals surface area (Å²) in [6, 6.07) is 14.4. The number of imidazole rings is 1. The van der Waals surface area contributed by atoms with Gasteiger partial charge in [0.25, 0.3) is 5.91 Å². The Morgan fingerprint density at radius 1 is 1.18 bits per heavy atom. The summed E-state index contributed by atoms with van der Waals surface area (Å²) in [6.45, 7) is 2.14. The summed E-state index contributed by atoms with van der Waals surface area (Å²) in [5.74, 6) is 0.212. The molecule has 1 aliphatic heterocycles. The van der Waals surface area contributed by atoms with Crippen molar-refractivity contribution in [2.24, 2.45) is 0 Å². The minimum Gasteiger partial charge on any atom is -0.497 e. The SMILES string of the molecule is COc1ccc(-c2nc3n(c2C(=O)Nc2cccc(C)c2)CCS3(=O)=O)cc1. The maximum atomic E-state index is 13.1. The number of nitrogens with one attached hydrogen (secondary N) is 1. The molecule has 0 unspecified atom stereocenters. The van der Waals surface area contributed by atoms with Crippen molar-refractivity contribution in [3.8, 4) is 17.0 Å². The molecule has 1 aromatic heterocycles. The lowest BCUT2D eigenvalue weighted by Gasteiger charge is -2.10. The second-order valence-electron chi connectivity index (χ2n) is 6.61. The maximum absolute atomic E-state index is 13.1. The third-order valence-electron chi connectivity index (χ3n) is 4.65. The summed E-state index contributed by atoms with van der Waals surface area (Å²) < 4.78 is 31.3. The molecular formula is C20H19N3O4S. The van der Waals surface area contributed by atoms with Gasteiger partial charge in [0.15, 0.2) is 0 Å². The van der Waals surface area contributed by atoms with Crippen LogP contribution >= 0.6 is 0 Å². The predicted octanol–water partition coefficient (Wildman–Crippen LogP) is 2.91. The van der Waals surface area contributed by atoms with Crippen LogP contribution in [0.3, 0.4) is 0 Å². The lowest BCUT2D eigenvalue weighted by atomic mass is 10.1. The fourth-order valence-electron chi connectivity index (χ4n) is 3.27. The fourth-order valence-corrected chi connectivity index (χ4v) is 4.63. The average Bonchev–Trinajstić information content (AvgIpc) is 3.19. The van der Waals surface area contributed by atoms with Gasteiger partial charge in [0.1, 0.15) is 17.1 Å². The molecule has 2 heterocycles. The number of carbonyl (C=O) groups excluding carboxylic acids is 1. The normalized spacial score (nSPS) is 14.5. The number of nitrogens with zero attached hydrogens (tertiary/aromatic N) is 2. The maximum Gasteiger partial charge on any atom is 0.274 e. The second kappa shape index (κ2) is 6.79. The van der Waals surface area contributed by atoms with Gasteiger partial charge in [-0.2, -0.15) is 0 Å². The van der Waals surface area contributed by atoms with E-state index in [-0.39, 0.29) is 23.1 Å². The monoisotopic (exact) mass is 397 g/mol. The van der Waals surface area contributed by atoms with E-state index in [9.17, 15) is 13.2 Å². The zero-order valence-corrected chi connectivity index (χ0v) is 16.3. The van der Waals surface area contributed by atoms with Crippen molar-refractivity contribution in [2.45, 2.75) is 18.6 Å². The van der Waals surface area contributed by atoms with Crippen LogP contribution in [0.15, 0.2) is 53.7 Å². The van der Waals surface area contributed by atoms with Gasteiger partial charge in [-0.25, -0.2) is 13.4 Å². The van der Waals surface area contributed by atoms with Gasteiger partial charge in [-0.3, -0.25) is 4.79 Å². The summed E-state index contributed by atoms with van der Waals surface area (Å²) in [4.78, 5) is 17.4. The molecule has 1 amide bonds. The number of sulfone groups is 1. The van der Waals surface area contributed by atoms with Crippen LogP contribution in [-0.2, 0) is 16.4 Å². The first-order valence-electron chi connectivity index (χ1n) is 8.75. The Morgan fingerprint density at radius 2 is 1.93 bits per heavy atom. The number of hydrogen-bond acceptors (Lipinski definition) is 5. The number of amides is 1. The van der Waals surface area contributed by atoms with E-state index in [1.807, 2.05) is 25.1 Å². The first-order chi connectivity index (χ1) is 13.4. The van der Waals surface area contributed by atoms with E-state index < -0.39 is 15.7 Å². The number of aryl methyl sites for hydroxylation is 1. The first-order valence-corrected chi connectivity index (χ1v) is 10.4. The third kappa shape index (κ3) is 3.16. The molecule has 28 heavy (non-hydrogen) atoms. The summed E-state index contributed by atoms with van der Waals surface area (Å²) >= 11 is 0. The number of benzene rings is 2. The van der Waals surface area contributed by atoms with Crippen LogP contribution in [-0.4, -0.2) is 36.7 Å². The number of rotatable bonds is 4. The van der Waals surface area contributed by atoms with Crippen molar-refractivity contribution >= 4 is 21.4 Å². The Hall–Kier alpha value is -3.13. The predicted molar refractivity (Wildman–Crippen MR) is 105 cm³/mol. The quantitative estimate of drug-likeness (QED) is 0.731. The molecule has 0 aliphatic carbocycles. The summed E-state index contributed by atoms with van der Waals surface area (Å²) in [7, 11) is -1.93. The van der Waals surface area contributed by atoms with Crippen LogP contribution in [0.1, 0.15) is 16.1 Å². The Kier molecular flexibility index (Phi) is 4.43. The summed E-state index contributed by atoms with van der Waals surface area (Å²) in [5, 5.41) is 2.79. The minimum absolute atomic E-state index is 0.0526. The highest BCUT2D eigenvalue weighted by molar-refractivity contribution is 7.91. The van der Waals surface area contributed by atoms with Crippen molar-refractivity contribution in [1.82, 2.24) is 9.55 Å². The van der Waals surface area contributed by atoms with Gasteiger partial charge in [-0.15, -0.1) is 0 Å². The molecule has 7 nitrogen and oxygen atoms in total. The molecule has 8 heteroatoms. The summed E-state index contributed by atoms with van der Waals surface area (Å²) in [6.07, 6.45) is 0. The number of hydrogen-bond donors (Lipinski definition) is 1. The highest BCUT2D eigenvalue weighted by atomic mass is 32.2. The standard InChI is InChI=1S/C20H19N3O4S/c1-13-4-3-5-15(12-13)21-19(24)18-17(14-6-8-16(27-2)9-7-14)22-20-23(18)10-11-28(20,25)26/h3-9,12H,10-11H2,1-2H3,(H,21,24). The van der Waals surface area contributed by atoms with Crippen LogP contribution < -0.4 is 10.1 Å². The molecule has 2 aromatic carbocycles. The van der Waals surface area contributed by atoms with Gasteiger partial charge in [-0.1, -0.05) is 12.1 Å². The second-order valence-corrected chi connectivity index (χ2v) is 8.62. The van der Waals surface area contributed by atoms with Crippen molar-refractivity contribution < 1.29 is 17.9 Å². The molecule has 144 valence electrons. The lowest BCUT2D eigenvalue weighted by Crippen LogP contribution is -2.18. The van der Waals surface area contributed by atoms with E-state index in [2.05, 4.69) is 10.3 Å². The van der Waals surface area contributed by atoms with Crippen LogP contribution in [0.5, 0.6) is 5.75 Å². The largest absolute Gasteiger partial charge is 0.497 e. The van der Waals surface area contributed by atoms with Crippen LogP contribution in [0.4, 0.5) is 5.69 Å². The van der Waals surface area contributed by atoms with Crippen LogP contribution in [0.2, 0.25) is 0 Å². The zero-order valence-electron chi connectivity index (χ0n) is 15.5. The molecule has 1 aliphatic rings. The molecule has 0 fully saturated rings. The Bertz CT molecular complexity index is 1160. The van der Waals surface area contributed by atoms with Crippen LogP contribution in [0.25, 0.3) is 11.3 Å². The van der Waals surface area contributed by atoms with Gasteiger partial charge in [0.2, 0.25) is 15.0 Å². The number of methoxy groups -OCH3 is 1. The minimum atomic E-state index is -3.49. The summed E-state index contributed by atoms with van der Waals surface area (Å²) in [5.41, 5.74) is 2.87. The van der Waals surface area contributed by atoms with E-state index in [4.69, 9.17) is 4.74 Å². The molecule has 1 N–H and O–H groups in total. The van der Waals surface area contributed by atoms with Gasteiger partial charge < -0.3 is 14.6 Å². The van der Waals surface area contributed by atoms with E-state index in [0.717, 1.165) is 5.56 Å². The number of anilines is 1. The van der Waals surface area contributed by atoms with Gasteiger partial charge >= 0.3 is 0 Å². The van der Waals surface area contributed by atoms with Gasteiger partial charge in [0, 0.05) is 17.8 Å². The molecule has 3 aromatic rings. The van der Waals surface area contributed by atoms with Crippen molar-refractivity contribution in [1.29, 1.82) is 0 Å². The molecule has 0 bridgehead atoms. The molecule has 0 saturated carbocycles. The highest BCUT2D eigenvalue weighted by Gasteiger charge is 2.35. The Morgan fingerprint density at radius 3 is 2.61 bits per heavy atom. The van der Waals surface area contributed by atoms with Crippen LogP contribution in [0, 0.1) is 6.92 Å². The van der Waals surface area contributed by atoms with E-state index in [1.54, 1.807) is 37.4 Å².